The number of alkyl carbamates (subject to hydrolysis) is 1. The molecule has 2 aliphatic heterocycles. The summed E-state index contributed by atoms with van der Waals surface area (Å²) in [5, 5.41) is 18.0. The van der Waals surface area contributed by atoms with Crippen molar-refractivity contribution in [1.29, 1.82) is 0 Å². The zero-order valence-electron chi connectivity index (χ0n) is 29.0. The van der Waals surface area contributed by atoms with E-state index in [9.17, 15) is 29.1 Å². The standard InChI is InChI=1S/C39H44N4O7S2/c1-52-20-18-31(36(46)47)40-35(45)33-16-15-25-17-19-39(37(48)43(25)33,21-24-9-3-2-4-10-24)42-34(44)32(23-51)41-38(49)50-22-30-28-13-7-5-11-26(28)27-12-6-8-14-29(27)30/h2-14,25,30-33,51H,15-23H2,1H3,(H,40,45)(H,41,49)(H,42,44)(H,46,47)/t25-,31+,32+,33+,39-/m1/s1. The van der Waals surface area contributed by atoms with Crippen LogP contribution in [0.2, 0.25) is 0 Å². The molecule has 0 unspecified atom stereocenters. The molecule has 2 fully saturated rings. The number of carboxylic acid groups (broad SMARTS) is 1. The van der Waals surface area contributed by atoms with E-state index >= 15 is 0 Å². The average Bonchev–Trinajstić information content (AvgIpc) is 3.73. The first-order chi connectivity index (χ1) is 25.2. The average molecular weight is 745 g/mol. The molecule has 0 radical (unpaired) electrons. The Balaban J connectivity index is 1.17. The van der Waals surface area contributed by atoms with Crippen LogP contribution in [-0.2, 0) is 30.3 Å². The van der Waals surface area contributed by atoms with Gasteiger partial charge in [0, 0.05) is 24.1 Å². The first kappa shape index (κ1) is 37.3. The molecular formula is C39H44N4O7S2. The number of carboxylic acids is 1. The fourth-order valence-corrected chi connectivity index (χ4v) is 8.56. The molecule has 274 valence electrons. The lowest BCUT2D eigenvalue weighted by Gasteiger charge is -2.46. The number of ether oxygens (including phenoxy) is 1. The first-order valence-corrected chi connectivity index (χ1v) is 19.6. The van der Waals surface area contributed by atoms with Crippen LogP contribution in [0.15, 0.2) is 78.9 Å². The summed E-state index contributed by atoms with van der Waals surface area (Å²) < 4.78 is 5.70. The van der Waals surface area contributed by atoms with Crippen molar-refractivity contribution >= 4 is 54.2 Å². The van der Waals surface area contributed by atoms with Gasteiger partial charge in [-0.2, -0.15) is 24.4 Å². The van der Waals surface area contributed by atoms with Crippen LogP contribution >= 0.6 is 24.4 Å². The fraction of sp³-hybridized carbons (Fsp3) is 0.410. The molecule has 4 N–H and O–H groups in total. The third kappa shape index (κ3) is 7.80. The molecule has 0 saturated carbocycles. The number of aliphatic carboxylic acids is 1. The molecule has 3 aromatic carbocycles. The van der Waals surface area contributed by atoms with Gasteiger partial charge in [0.15, 0.2) is 0 Å². The summed E-state index contributed by atoms with van der Waals surface area (Å²) >= 11 is 5.86. The molecule has 3 aromatic rings. The SMILES string of the molecule is CSCC[C@H](NC(=O)[C@@H]1CC[C@@H]2CC[C@](Cc3ccccc3)(NC(=O)[C@H](CS)NC(=O)OCC3c4ccccc4-c4ccccc43)C(=O)N21)C(=O)O. The maximum absolute atomic E-state index is 14.6. The highest BCUT2D eigenvalue weighted by molar-refractivity contribution is 7.98. The number of nitrogens with zero attached hydrogens (tertiary/aromatic N) is 1. The Morgan fingerprint density at radius 1 is 0.923 bits per heavy atom. The van der Waals surface area contributed by atoms with Crippen molar-refractivity contribution in [2.24, 2.45) is 0 Å². The normalized spacial score (nSPS) is 21.7. The highest BCUT2D eigenvalue weighted by atomic mass is 32.2. The number of rotatable bonds is 14. The van der Waals surface area contributed by atoms with E-state index in [0.717, 1.165) is 27.8 Å². The van der Waals surface area contributed by atoms with E-state index in [2.05, 4.69) is 28.6 Å². The van der Waals surface area contributed by atoms with Gasteiger partial charge in [0.1, 0.15) is 30.3 Å². The van der Waals surface area contributed by atoms with Crippen molar-refractivity contribution in [2.45, 2.75) is 74.1 Å². The number of nitrogens with one attached hydrogen (secondary N) is 3. The van der Waals surface area contributed by atoms with E-state index in [1.165, 1.54) is 11.8 Å². The van der Waals surface area contributed by atoms with Crippen molar-refractivity contribution in [3.8, 4) is 11.1 Å². The Morgan fingerprint density at radius 2 is 1.58 bits per heavy atom. The minimum Gasteiger partial charge on any atom is -0.480 e. The number of carbonyl (C=O) groups is 5. The number of benzene rings is 3. The van der Waals surface area contributed by atoms with E-state index in [-0.39, 0.29) is 37.2 Å². The zero-order valence-corrected chi connectivity index (χ0v) is 30.7. The molecule has 3 aliphatic rings. The number of thioether (sulfide) groups is 1. The number of amides is 4. The summed E-state index contributed by atoms with van der Waals surface area (Å²) in [5.41, 5.74) is 3.70. The Hall–Kier alpha value is -4.49. The van der Waals surface area contributed by atoms with Crippen LogP contribution in [0.3, 0.4) is 0 Å². The molecule has 52 heavy (non-hydrogen) atoms. The van der Waals surface area contributed by atoms with Gasteiger partial charge in [0.05, 0.1) is 0 Å². The third-order valence-corrected chi connectivity index (χ3v) is 11.4. The second-order valence-corrected chi connectivity index (χ2v) is 15.0. The predicted molar refractivity (Wildman–Crippen MR) is 202 cm³/mol. The van der Waals surface area contributed by atoms with E-state index in [4.69, 9.17) is 4.74 Å². The van der Waals surface area contributed by atoms with Gasteiger partial charge in [-0.3, -0.25) is 14.4 Å². The molecule has 4 amide bonds. The maximum Gasteiger partial charge on any atom is 0.407 e. The predicted octanol–water partition coefficient (Wildman–Crippen LogP) is 4.40. The fourth-order valence-electron chi connectivity index (χ4n) is 7.83. The molecule has 0 bridgehead atoms. The lowest BCUT2D eigenvalue weighted by molar-refractivity contribution is -0.152. The van der Waals surface area contributed by atoms with Crippen LogP contribution in [-0.4, -0.2) is 93.9 Å². The van der Waals surface area contributed by atoms with Gasteiger partial charge in [0.2, 0.25) is 17.7 Å². The summed E-state index contributed by atoms with van der Waals surface area (Å²) in [4.78, 5) is 68.8. The van der Waals surface area contributed by atoms with Crippen molar-refractivity contribution < 1.29 is 33.8 Å². The smallest absolute Gasteiger partial charge is 0.407 e. The molecule has 2 heterocycles. The van der Waals surface area contributed by atoms with Gasteiger partial charge < -0.3 is 30.7 Å². The quantitative estimate of drug-likeness (QED) is 0.152. The van der Waals surface area contributed by atoms with Crippen molar-refractivity contribution in [1.82, 2.24) is 20.9 Å². The Kier molecular flexibility index (Phi) is 11.8. The molecule has 5 atom stereocenters. The van der Waals surface area contributed by atoms with Crippen LogP contribution in [0.4, 0.5) is 4.79 Å². The van der Waals surface area contributed by atoms with Gasteiger partial charge in [-0.05, 0) is 71.9 Å². The number of carbonyl (C=O) groups excluding carboxylic acids is 4. The van der Waals surface area contributed by atoms with Gasteiger partial charge in [-0.15, -0.1) is 0 Å². The minimum absolute atomic E-state index is 0.0599. The van der Waals surface area contributed by atoms with E-state index in [0.29, 0.717) is 31.4 Å². The molecular weight excluding hydrogens is 701 g/mol. The third-order valence-electron chi connectivity index (χ3n) is 10.4. The van der Waals surface area contributed by atoms with Crippen molar-refractivity contribution in [3.63, 3.8) is 0 Å². The summed E-state index contributed by atoms with van der Waals surface area (Å²) in [6.07, 6.45) is 3.31. The monoisotopic (exact) mass is 744 g/mol. The zero-order chi connectivity index (χ0) is 36.8. The Bertz CT molecular complexity index is 1760. The Morgan fingerprint density at radius 3 is 2.21 bits per heavy atom. The summed E-state index contributed by atoms with van der Waals surface area (Å²) in [6.45, 7) is 0.0665. The molecule has 0 aromatic heterocycles. The molecule has 2 saturated heterocycles. The van der Waals surface area contributed by atoms with Gasteiger partial charge in [0.25, 0.3) is 0 Å². The van der Waals surface area contributed by atoms with Crippen LogP contribution in [0.5, 0.6) is 0 Å². The van der Waals surface area contributed by atoms with Crippen LogP contribution in [0.1, 0.15) is 54.7 Å². The second kappa shape index (κ2) is 16.5. The minimum atomic E-state index is -1.42. The maximum atomic E-state index is 14.6. The molecule has 0 spiro atoms. The molecule has 11 nitrogen and oxygen atoms in total. The second-order valence-electron chi connectivity index (χ2n) is 13.6. The van der Waals surface area contributed by atoms with Crippen LogP contribution in [0.25, 0.3) is 11.1 Å². The lowest BCUT2D eigenvalue weighted by Crippen LogP contribution is -2.69. The Labute approximate surface area is 313 Å². The number of hydrogen-bond acceptors (Lipinski definition) is 8. The van der Waals surface area contributed by atoms with Crippen LogP contribution in [0, 0.1) is 0 Å². The largest absolute Gasteiger partial charge is 0.480 e. The van der Waals surface area contributed by atoms with Gasteiger partial charge in [-0.25, -0.2) is 9.59 Å². The summed E-state index contributed by atoms with van der Waals surface area (Å²) in [5.74, 6) is -2.33. The lowest BCUT2D eigenvalue weighted by atomic mass is 9.79. The number of thiol groups is 1. The highest BCUT2D eigenvalue weighted by Crippen LogP contribution is 2.44. The van der Waals surface area contributed by atoms with E-state index < -0.39 is 53.4 Å². The van der Waals surface area contributed by atoms with E-state index in [1.807, 2.05) is 85.1 Å². The van der Waals surface area contributed by atoms with Gasteiger partial charge >= 0.3 is 12.1 Å². The number of hydrogen-bond donors (Lipinski definition) is 5. The van der Waals surface area contributed by atoms with E-state index in [1.54, 1.807) is 4.90 Å². The van der Waals surface area contributed by atoms with Crippen molar-refractivity contribution in [3.05, 3.63) is 95.6 Å². The van der Waals surface area contributed by atoms with Crippen LogP contribution < -0.4 is 16.0 Å². The summed E-state index contributed by atoms with van der Waals surface area (Å²) in [6, 6.07) is 22.0. The topological polar surface area (TPSA) is 154 Å². The highest BCUT2D eigenvalue weighted by Gasteiger charge is 2.54. The molecule has 13 heteroatoms. The molecule has 6 rings (SSSR count). The molecule has 1 aliphatic carbocycles. The van der Waals surface area contributed by atoms with Crippen molar-refractivity contribution in [2.75, 3.05) is 24.4 Å². The first-order valence-electron chi connectivity index (χ1n) is 17.6. The van der Waals surface area contributed by atoms with Gasteiger partial charge in [-0.1, -0.05) is 78.9 Å². The number of piperidine rings is 1. The summed E-state index contributed by atoms with van der Waals surface area (Å²) in [7, 11) is 0. The number of fused-ring (bicyclic) bond motifs is 4.